The van der Waals surface area contributed by atoms with Crippen molar-refractivity contribution in [2.24, 2.45) is 39.4 Å². The Morgan fingerprint density at radius 1 is 0.976 bits per heavy atom. The summed E-state index contributed by atoms with van der Waals surface area (Å²) in [7, 11) is 0. The average Bonchev–Trinajstić information content (AvgIpc) is 3.26. The lowest BCUT2D eigenvalue weighted by atomic mass is 9.33. The molecule has 0 aromatic heterocycles. The van der Waals surface area contributed by atoms with E-state index in [0.29, 0.717) is 6.42 Å². The minimum Gasteiger partial charge on any atom is -0.462 e. The molecule has 10 nitrogen and oxygen atoms in total. The molecule has 0 aromatic carbocycles. The minimum atomic E-state index is -1.35. The van der Waals surface area contributed by atoms with E-state index >= 15 is 4.79 Å². The van der Waals surface area contributed by atoms with E-state index in [1.54, 1.807) is 6.92 Å². The Balaban J connectivity index is 1.43. The summed E-state index contributed by atoms with van der Waals surface area (Å²) in [5.41, 5.74) is -4.49. The molecular weight excluding hydrogens is 532 g/mol. The molecule has 224 valence electrons. The van der Waals surface area contributed by atoms with Crippen LogP contribution in [0.2, 0.25) is 0 Å². The predicted molar refractivity (Wildman–Crippen MR) is 141 cm³/mol. The second kappa shape index (κ2) is 8.29. The molecule has 1 spiro atoms. The molecule has 2 aliphatic heterocycles. The molecule has 2 heterocycles. The second-order valence-electron chi connectivity index (χ2n) is 14.2. The summed E-state index contributed by atoms with van der Waals surface area (Å²) in [4.78, 5) is 39.7. The first-order valence-corrected chi connectivity index (χ1v) is 14.8. The van der Waals surface area contributed by atoms with Crippen LogP contribution in [0.4, 0.5) is 0 Å². The van der Waals surface area contributed by atoms with Crippen molar-refractivity contribution in [1.82, 2.24) is 0 Å². The van der Waals surface area contributed by atoms with Gasteiger partial charge in [0.15, 0.2) is 18.2 Å². The van der Waals surface area contributed by atoms with Gasteiger partial charge in [0.25, 0.3) is 0 Å². The quantitative estimate of drug-likeness (QED) is 0.336. The number of epoxide rings is 1. The summed E-state index contributed by atoms with van der Waals surface area (Å²) in [5.74, 6) is -3.31. The number of allylic oxidation sites excluding steroid dienone is 4. The lowest BCUT2D eigenvalue weighted by Gasteiger charge is -2.73. The number of aliphatic hydroxyl groups is 3. The first-order chi connectivity index (χ1) is 19.2. The van der Waals surface area contributed by atoms with Crippen LogP contribution >= 0.6 is 0 Å². The highest BCUT2D eigenvalue weighted by atomic mass is 16.6. The van der Waals surface area contributed by atoms with Crippen molar-refractivity contribution in [3.8, 4) is 0 Å². The molecule has 14 unspecified atom stereocenters. The van der Waals surface area contributed by atoms with Crippen LogP contribution in [0, 0.1) is 39.4 Å². The van der Waals surface area contributed by atoms with Gasteiger partial charge in [-0.25, -0.2) is 0 Å². The molecule has 4 saturated carbocycles. The summed E-state index contributed by atoms with van der Waals surface area (Å²) in [6, 6.07) is 0. The fourth-order valence-corrected chi connectivity index (χ4v) is 11.2. The van der Waals surface area contributed by atoms with E-state index in [0.717, 1.165) is 12.0 Å². The van der Waals surface area contributed by atoms with Crippen molar-refractivity contribution in [2.75, 3.05) is 6.61 Å². The zero-order chi connectivity index (χ0) is 29.5. The Morgan fingerprint density at radius 3 is 2.32 bits per heavy atom. The maximum absolute atomic E-state index is 15.1. The molecule has 0 aromatic rings. The van der Waals surface area contributed by atoms with E-state index in [-0.39, 0.29) is 37.3 Å². The monoisotopic (exact) mass is 572 g/mol. The van der Waals surface area contributed by atoms with Crippen LogP contribution in [-0.4, -0.2) is 82.1 Å². The van der Waals surface area contributed by atoms with Crippen molar-refractivity contribution in [3.63, 3.8) is 0 Å². The molecule has 41 heavy (non-hydrogen) atoms. The van der Waals surface area contributed by atoms with Crippen LogP contribution in [0.25, 0.3) is 0 Å². The molecule has 10 heteroatoms. The predicted octanol–water partition coefficient (Wildman–Crippen LogP) is 1.59. The van der Waals surface area contributed by atoms with Gasteiger partial charge in [-0.1, -0.05) is 39.0 Å². The lowest BCUT2D eigenvalue weighted by molar-refractivity contribution is -0.374. The molecular formula is C31H40O10. The topological polar surface area (TPSA) is 152 Å². The van der Waals surface area contributed by atoms with Gasteiger partial charge in [0.05, 0.1) is 35.7 Å². The first-order valence-electron chi connectivity index (χ1n) is 14.8. The molecule has 5 aliphatic carbocycles. The maximum atomic E-state index is 15.1. The molecule has 0 amide bonds. The normalized spacial score (nSPS) is 56.1. The van der Waals surface area contributed by atoms with Crippen LogP contribution in [0.3, 0.4) is 0 Å². The van der Waals surface area contributed by atoms with Gasteiger partial charge in [-0.05, 0) is 36.7 Å². The van der Waals surface area contributed by atoms with Crippen molar-refractivity contribution < 1.29 is 48.7 Å². The number of hydrogen-bond donors (Lipinski definition) is 3. The molecule has 3 N–H and O–H groups in total. The molecule has 2 saturated heterocycles. The Hall–Kier alpha value is -2.11. The number of hydrogen-bond acceptors (Lipinski definition) is 10. The second-order valence-corrected chi connectivity index (χ2v) is 14.2. The van der Waals surface area contributed by atoms with E-state index in [9.17, 15) is 24.9 Å². The number of aliphatic hydroxyl groups excluding tert-OH is 3. The Morgan fingerprint density at radius 2 is 1.68 bits per heavy atom. The molecule has 0 radical (unpaired) electrons. The Bertz CT molecular complexity index is 1290. The van der Waals surface area contributed by atoms with Crippen LogP contribution in [0.1, 0.15) is 60.3 Å². The highest BCUT2D eigenvalue weighted by Gasteiger charge is 2.92. The van der Waals surface area contributed by atoms with E-state index in [4.69, 9.17) is 18.9 Å². The SMILES string of the molecule is CC(=O)OC1CC(O)C23COC(O)C1(C)C2CC(O)C1(C)C3C(=O)C(OC(C)=O)C2(C)C(C3=CCC=C3)CC3OC321. The van der Waals surface area contributed by atoms with Gasteiger partial charge in [0.2, 0.25) is 0 Å². The van der Waals surface area contributed by atoms with Gasteiger partial charge in [-0.2, -0.15) is 0 Å². The highest BCUT2D eigenvalue weighted by molar-refractivity contribution is 5.92. The average molecular weight is 573 g/mol. The number of ether oxygens (including phenoxy) is 4. The van der Waals surface area contributed by atoms with Gasteiger partial charge in [0, 0.05) is 37.0 Å². The summed E-state index contributed by atoms with van der Waals surface area (Å²) >= 11 is 0. The third kappa shape index (κ3) is 2.89. The summed E-state index contributed by atoms with van der Waals surface area (Å²) in [5, 5.41) is 35.4. The van der Waals surface area contributed by atoms with E-state index in [1.807, 2.05) is 13.8 Å². The van der Waals surface area contributed by atoms with Crippen molar-refractivity contribution in [2.45, 2.75) is 103 Å². The molecule has 7 rings (SSSR count). The largest absolute Gasteiger partial charge is 0.462 e. The summed E-state index contributed by atoms with van der Waals surface area (Å²) < 4.78 is 24.2. The van der Waals surface area contributed by atoms with E-state index in [2.05, 4.69) is 18.2 Å². The fraction of sp³-hybridized carbons (Fsp3) is 0.774. The molecule has 6 fully saturated rings. The van der Waals surface area contributed by atoms with E-state index < -0.39 is 81.7 Å². The zero-order valence-electron chi connectivity index (χ0n) is 24.2. The molecule has 2 bridgehead atoms. The summed E-state index contributed by atoms with van der Waals surface area (Å²) in [6.07, 6.45) is 1.89. The third-order valence-electron chi connectivity index (χ3n) is 12.8. The number of esters is 2. The molecule has 7 aliphatic rings. The standard InChI is InChI=1S/C31H40O10/c1-14(32)39-21-12-20(35)30-13-38-26(37)27(21,3)18(30)11-19(34)29(5)24(30)23(36)25(40-15(2)33)28(4)17(16-8-6-7-9-16)10-22-31(28,29)41-22/h6,8-9,17-22,24-26,34-35,37H,7,10-13H2,1-5H3. The van der Waals surface area contributed by atoms with Crippen molar-refractivity contribution >= 4 is 17.7 Å². The van der Waals surface area contributed by atoms with Gasteiger partial charge in [0.1, 0.15) is 11.7 Å². The lowest BCUT2D eigenvalue weighted by Crippen LogP contribution is -2.82. The van der Waals surface area contributed by atoms with Gasteiger partial charge in [-0.15, -0.1) is 0 Å². The number of ketones is 1. The maximum Gasteiger partial charge on any atom is 0.303 e. The Labute approximate surface area is 239 Å². The van der Waals surface area contributed by atoms with Crippen molar-refractivity contribution in [1.29, 1.82) is 0 Å². The third-order valence-corrected chi connectivity index (χ3v) is 12.8. The number of carbonyl (C=O) groups excluding carboxylic acids is 3. The fourth-order valence-electron chi connectivity index (χ4n) is 11.2. The van der Waals surface area contributed by atoms with Crippen LogP contribution in [0.5, 0.6) is 0 Å². The first kappa shape index (κ1) is 27.7. The summed E-state index contributed by atoms with van der Waals surface area (Å²) in [6.45, 7) is 8.01. The number of carbonyl (C=O) groups is 3. The highest BCUT2D eigenvalue weighted by Crippen LogP contribution is 2.82. The zero-order valence-corrected chi connectivity index (χ0v) is 24.2. The van der Waals surface area contributed by atoms with Gasteiger partial charge < -0.3 is 34.3 Å². The van der Waals surface area contributed by atoms with Gasteiger partial charge >= 0.3 is 11.9 Å². The van der Waals surface area contributed by atoms with E-state index in [1.165, 1.54) is 13.8 Å². The van der Waals surface area contributed by atoms with Crippen LogP contribution in [-0.2, 0) is 33.3 Å². The van der Waals surface area contributed by atoms with Crippen LogP contribution < -0.4 is 0 Å². The number of Topliss-reactive ketones (excluding diaryl/α,β-unsaturated/α-hetero) is 1. The van der Waals surface area contributed by atoms with Gasteiger partial charge in [-0.3, -0.25) is 14.4 Å². The number of rotatable bonds is 3. The van der Waals surface area contributed by atoms with Crippen LogP contribution in [0.15, 0.2) is 23.8 Å². The smallest absolute Gasteiger partial charge is 0.303 e. The Kier molecular flexibility index (Phi) is 5.60. The molecule has 14 atom stereocenters. The number of fused-ring (bicyclic) bond motifs is 1. The minimum absolute atomic E-state index is 0.00392. The van der Waals surface area contributed by atoms with Crippen molar-refractivity contribution in [3.05, 3.63) is 23.8 Å².